The van der Waals surface area contributed by atoms with Gasteiger partial charge in [-0.3, -0.25) is 4.79 Å². The summed E-state index contributed by atoms with van der Waals surface area (Å²) in [4.78, 5) is 16.6. The van der Waals surface area contributed by atoms with Gasteiger partial charge in [-0.1, -0.05) is 36.4 Å². The maximum absolute atomic E-state index is 12.4. The number of nitrogens with zero attached hydrogens (tertiary/aromatic N) is 2. The number of fused-ring (bicyclic) bond motifs is 1. The molecule has 1 heterocycles. The highest BCUT2D eigenvalue weighted by molar-refractivity contribution is 6.05. The minimum atomic E-state index is -0.150. The van der Waals surface area contributed by atoms with Crippen molar-refractivity contribution in [1.82, 2.24) is 14.9 Å². The summed E-state index contributed by atoms with van der Waals surface area (Å²) < 4.78 is 1.77. The van der Waals surface area contributed by atoms with E-state index in [1.807, 2.05) is 49.5 Å². The zero-order chi connectivity index (χ0) is 14.8. The Labute approximate surface area is 122 Å². The van der Waals surface area contributed by atoms with Gasteiger partial charge in [-0.15, -0.1) is 0 Å². The van der Waals surface area contributed by atoms with Crippen LogP contribution >= 0.6 is 0 Å². The van der Waals surface area contributed by atoms with Gasteiger partial charge in [0.25, 0.3) is 5.91 Å². The average molecular weight is 280 g/mol. The topological polar surface area (TPSA) is 72.9 Å². The molecule has 0 radical (unpaired) electrons. The number of benzene rings is 2. The molecular formula is C16H16N4O. The maximum Gasteiger partial charge on any atom is 0.253 e. The first-order chi connectivity index (χ1) is 10.2. The van der Waals surface area contributed by atoms with E-state index in [0.29, 0.717) is 23.6 Å². The van der Waals surface area contributed by atoms with Gasteiger partial charge in [0.15, 0.2) is 0 Å². The predicted octanol–water partition coefficient (Wildman–Crippen LogP) is 2.09. The van der Waals surface area contributed by atoms with E-state index in [0.717, 1.165) is 11.1 Å². The first-order valence-electron chi connectivity index (χ1n) is 6.70. The molecule has 0 atom stereocenters. The van der Waals surface area contributed by atoms with Crippen LogP contribution < -0.4 is 11.1 Å². The van der Waals surface area contributed by atoms with Crippen molar-refractivity contribution in [3.8, 4) is 0 Å². The molecule has 5 heteroatoms. The van der Waals surface area contributed by atoms with Crippen LogP contribution in [0.4, 0.5) is 5.95 Å². The van der Waals surface area contributed by atoms with Crippen LogP contribution in [0, 0.1) is 0 Å². The van der Waals surface area contributed by atoms with E-state index in [9.17, 15) is 4.79 Å². The first-order valence-corrected chi connectivity index (χ1v) is 6.70. The third kappa shape index (κ3) is 2.45. The van der Waals surface area contributed by atoms with Crippen molar-refractivity contribution in [2.75, 3.05) is 5.73 Å². The Morgan fingerprint density at radius 2 is 1.95 bits per heavy atom. The Kier molecular flexibility index (Phi) is 3.31. The van der Waals surface area contributed by atoms with Crippen LogP contribution in [0.25, 0.3) is 11.0 Å². The first kappa shape index (κ1) is 13.2. The summed E-state index contributed by atoms with van der Waals surface area (Å²) in [5.41, 5.74) is 8.87. The van der Waals surface area contributed by atoms with Crippen LogP contribution in [0.2, 0.25) is 0 Å². The van der Waals surface area contributed by atoms with Gasteiger partial charge in [-0.2, -0.15) is 0 Å². The summed E-state index contributed by atoms with van der Waals surface area (Å²) >= 11 is 0. The lowest BCUT2D eigenvalue weighted by Gasteiger charge is -2.06. The number of nitrogens with two attached hydrogens (primary N) is 1. The van der Waals surface area contributed by atoms with Crippen molar-refractivity contribution in [2.45, 2.75) is 6.54 Å². The van der Waals surface area contributed by atoms with E-state index in [1.54, 1.807) is 10.6 Å². The molecule has 0 aliphatic heterocycles. The molecule has 106 valence electrons. The summed E-state index contributed by atoms with van der Waals surface area (Å²) in [6, 6.07) is 15.3. The standard InChI is InChI=1S/C16H16N4O/c1-20-13-9-5-8-12(14(13)19-16(20)17)15(21)18-10-11-6-3-2-4-7-11/h2-9H,10H2,1H3,(H2,17,19)(H,18,21). The van der Waals surface area contributed by atoms with Crippen LogP contribution in [0.1, 0.15) is 15.9 Å². The van der Waals surface area contributed by atoms with Crippen molar-refractivity contribution in [3.63, 3.8) is 0 Å². The quantitative estimate of drug-likeness (QED) is 0.771. The fourth-order valence-corrected chi connectivity index (χ4v) is 2.29. The zero-order valence-corrected chi connectivity index (χ0v) is 11.7. The largest absolute Gasteiger partial charge is 0.369 e. The number of rotatable bonds is 3. The molecule has 0 saturated heterocycles. The van der Waals surface area contributed by atoms with Gasteiger partial charge in [0, 0.05) is 13.6 Å². The molecule has 2 aromatic carbocycles. The number of imidazole rings is 1. The number of amides is 1. The molecule has 1 amide bonds. The molecule has 0 aliphatic rings. The second-order valence-corrected chi connectivity index (χ2v) is 4.87. The summed E-state index contributed by atoms with van der Waals surface area (Å²) in [7, 11) is 1.83. The average Bonchev–Trinajstić information content (AvgIpc) is 2.81. The van der Waals surface area contributed by atoms with Crippen LogP contribution in [-0.4, -0.2) is 15.5 Å². The minimum Gasteiger partial charge on any atom is -0.369 e. The molecule has 1 aromatic heterocycles. The molecule has 3 aromatic rings. The number of nitrogen functional groups attached to an aromatic ring is 1. The molecule has 0 bridgehead atoms. The van der Waals surface area contributed by atoms with E-state index in [-0.39, 0.29) is 5.91 Å². The van der Waals surface area contributed by atoms with E-state index in [1.165, 1.54) is 0 Å². The van der Waals surface area contributed by atoms with Crippen molar-refractivity contribution in [2.24, 2.45) is 7.05 Å². The van der Waals surface area contributed by atoms with Gasteiger partial charge < -0.3 is 15.6 Å². The molecule has 0 fully saturated rings. The van der Waals surface area contributed by atoms with Crippen molar-refractivity contribution >= 4 is 22.9 Å². The fourth-order valence-electron chi connectivity index (χ4n) is 2.29. The number of aryl methyl sites for hydroxylation is 1. The van der Waals surface area contributed by atoms with E-state index in [2.05, 4.69) is 10.3 Å². The van der Waals surface area contributed by atoms with Crippen LogP contribution in [0.5, 0.6) is 0 Å². The van der Waals surface area contributed by atoms with Gasteiger partial charge in [0.2, 0.25) is 5.95 Å². The normalized spacial score (nSPS) is 10.7. The predicted molar refractivity (Wildman–Crippen MR) is 82.7 cm³/mol. The van der Waals surface area contributed by atoms with Gasteiger partial charge in [0.1, 0.15) is 5.52 Å². The zero-order valence-electron chi connectivity index (χ0n) is 11.7. The molecular weight excluding hydrogens is 264 g/mol. The lowest BCUT2D eigenvalue weighted by Crippen LogP contribution is -2.23. The van der Waals surface area contributed by atoms with E-state index in [4.69, 9.17) is 5.73 Å². The Balaban J connectivity index is 1.86. The van der Waals surface area contributed by atoms with Gasteiger partial charge in [0.05, 0.1) is 11.1 Å². The van der Waals surface area contributed by atoms with Gasteiger partial charge in [-0.25, -0.2) is 4.98 Å². The molecule has 3 rings (SSSR count). The van der Waals surface area contributed by atoms with Crippen LogP contribution in [0.3, 0.4) is 0 Å². The second-order valence-electron chi connectivity index (χ2n) is 4.87. The minimum absolute atomic E-state index is 0.150. The monoisotopic (exact) mass is 280 g/mol. The maximum atomic E-state index is 12.4. The highest BCUT2D eigenvalue weighted by Crippen LogP contribution is 2.20. The SMILES string of the molecule is Cn1c(N)nc2c(C(=O)NCc3ccccc3)cccc21. The number of carbonyl (C=O) groups is 1. The highest BCUT2D eigenvalue weighted by atomic mass is 16.1. The molecule has 0 spiro atoms. The van der Waals surface area contributed by atoms with Crippen molar-refractivity contribution in [3.05, 3.63) is 59.7 Å². The van der Waals surface area contributed by atoms with Gasteiger partial charge in [-0.05, 0) is 17.7 Å². The molecule has 5 nitrogen and oxygen atoms in total. The lowest BCUT2D eigenvalue weighted by molar-refractivity contribution is 0.0952. The Bertz CT molecular complexity index is 793. The molecule has 3 N–H and O–H groups in total. The summed E-state index contributed by atoms with van der Waals surface area (Å²) in [6.07, 6.45) is 0. The Morgan fingerprint density at radius 1 is 1.19 bits per heavy atom. The number of nitrogens with one attached hydrogen (secondary N) is 1. The molecule has 21 heavy (non-hydrogen) atoms. The van der Waals surface area contributed by atoms with Gasteiger partial charge >= 0.3 is 0 Å². The Morgan fingerprint density at radius 3 is 2.71 bits per heavy atom. The smallest absolute Gasteiger partial charge is 0.253 e. The van der Waals surface area contributed by atoms with E-state index < -0.39 is 0 Å². The number of aromatic nitrogens is 2. The number of para-hydroxylation sites is 1. The number of carbonyl (C=O) groups excluding carboxylic acids is 1. The summed E-state index contributed by atoms with van der Waals surface area (Å²) in [6.45, 7) is 0.485. The third-order valence-corrected chi connectivity index (χ3v) is 3.49. The lowest BCUT2D eigenvalue weighted by atomic mass is 10.1. The van der Waals surface area contributed by atoms with E-state index >= 15 is 0 Å². The molecule has 0 saturated carbocycles. The Hall–Kier alpha value is -2.82. The highest BCUT2D eigenvalue weighted by Gasteiger charge is 2.14. The third-order valence-electron chi connectivity index (χ3n) is 3.49. The number of hydrogen-bond donors (Lipinski definition) is 2. The van der Waals surface area contributed by atoms with Crippen LogP contribution in [0.15, 0.2) is 48.5 Å². The fraction of sp³-hybridized carbons (Fsp3) is 0.125. The number of hydrogen-bond acceptors (Lipinski definition) is 3. The summed E-state index contributed by atoms with van der Waals surface area (Å²) in [5.74, 6) is 0.246. The molecule has 0 unspecified atom stereocenters. The summed E-state index contributed by atoms with van der Waals surface area (Å²) in [5, 5.41) is 2.91. The number of anilines is 1. The second kappa shape index (κ2) is 5.28. The van der Waals surface area contributed by atoms with Crippen molar-refractivity contribution < 1.29 is 4.79 Å². The molecule has 0 aliphatic carbocycles. The van der Waals surface area contributed by atoms with Crippen molar-refractivity contribution in [1.29, 1.82) is 0 Å². The van der Waals surface area contributed by atoms with Crippen LogP contribution in [-0.2, 0) is 13.6 Å².